The van der Waals surface area contributed by atoms with Crippen LogP contribution in [0, 0.1) is 0 Å². The summed E-state index contributed by atoms with van der Waals surface area (Å²) in [7, 11) is 0. The van der Waals surface area contributed by atoms with Crippen LogP contribution in [0.5, 0.6) is 0 Å². The third-order valence-corrected chi connectivity index (χ3v) is 4.55. The second-order valence-corrected chi connectivity index (χ2v) is 6.56. The van der Waals surface area contributed by atoms with Gasteiger partial charge in [-0.1, -0.05) is 0 Å². The highest BCUT2D eigenvalue weighted by Gasteiger charge is 2.17. The lowest BCUT2D eigenvalue weighted by molar-refractivity contribution is 0.814. The normalized spacial score (nSPS) is 14.3. The topological polar surface area (TPSA) is 42.1 Å². The zero-order valence-corrected chi connectivity index (χ0v) is 12.7. The molecule has 0 atom stereocenters. The Balaban J connectivity index is 1.89. The first-order valence-electron chi connectivity index (χ1n) is 6.09. The van der Waals surface area contributed by atoms with Crippen molar-refractivity contribution in [1.82, 2.24) is 4.98 Å². The molecule has 0 spiro atoms. The highest BCUT2D eigenvalue weighted by Crippen LogP contribution is 2.36. The molecule has 98 valence electrons. The number of aromatic nitrogens is 1. The number of halogens is 1. The van der Waals surface area contributed by atoms with Crippen LogP contribution in [-0.4, -0.2) is 17.3 Å². The predicted octanol–water partition coefficient (Wildman–Crippen LogP) is 3.54. The van der Waals surface area contributed by atoms with Crippen molar-refractivity contribution in [2.24, 2.45) is 0 Å². The van der Waals surface area contributed by atoms with Crippen LogP contribution < -0.4 is 10.6 Å². The third-order valence-electron chi connectivity index (χ3n) is 3.08. The van der Waals surface area contributed by atoms with E-state index in [1.807, 2.05) is 30.2 Å². The molecule has 0 fully saturated rings. The molecule has 0 bridgehead atoms. The highest BCUT2D eigenvalue weighted by atomic mass is 79.9. The van der Waals surface area contributed by atoms with E-state index in [-0.39, 0.29) is 0 Å². The molecule has 2 heterocycles. The molecule has 19 heavy (non-hydrogen) atoms. The molecular weight excluding hydrogens is 322 g/mol. The molecule has 3 nitrogen and oxygen atoms in total. The number of thioether (sulfide) groups is 1. The zero-order chi connectivity index (χ0) is 13.2. The molecule has 2 aromatic rings. The molecule has 1 aliphatic heterocycles. The number of benzene rings is 1. The average molecular weight is 336 g/mol. The van der Waals surface area contributed by atoms with Gasteiger partial charge in [0.05, 0.1) is 5.69 Å². The molecule has 5 heteroatoms. The SMILES string of the molecule is Nc1ccc2c(c1)N(Cc1cncc(Br)c1)CCS2. The molecule has 0 saturated heterocycles. The van der Waals surface area contributed by atoms with Crippen LogP contribution in [0.25, 0.3) is 0 Å². The van der Waals surface area contributed by atoms with Gasteiger partial charge in [-0.3, -0.25) is 4.98 Å². The van der Waals surface area contributed by atoms with E-state index in [4.69, 9.17) is 5.73 Å². The summed E-state index contributed by atoms with van der Waals surface area (Å²) in [5.74, 6) is 1.11. The summed E-state index contributed by atoms with van der Waals surface area (Å²) in [6.45, 7) is 1.90. The molecule has 1 aromatic heterocycles. The highest BCUT2D eigenvalue weighted by molar-refractivity contribution is 9.10. The summed E-state index contributed by atoms with van der Waals surface area (Å²) >= 11 is 5.36. The average Bonchev–Trinajstić information content (AvgIpc) is 2.39. The van der Waals surface area contributed by atoms with Crippen LogP contribution >= 0.6 is 27.7 Å². The zero-order valence-electron chi connectivity index (χ0n) is 10.3. The molecule has 0 saturated carbocycles. The van der Waals surface area contributed by atoms with Gasteiger partial charge in [0.1, 0.15) is 0 Å². The van der Waals surface area contributed by atoms with E-state index in [2.05, 4.69) is 44.0 Å². The van der Waals surface area contributed by atoms with Crippen LogP contribution in [0.3, 0.4) is 0 Å². The number of hydrogen-bond donors (Lipinski definition) is 1. The van der Waals surface area contributed by atoms with Crippen molar-refractivity contribution in [2.45, 2.75) is 11.4 Å². The van der Waals surface area contributed by atoms with E-state index < -0.39 is 0 Å². The van der Waals surface area contributed by atoms with Crippen LogP contribution in [-0.2, 0) is 6.54 Å². The summed E-state index contributed by atoms with van der Waals surface area (Å²) in [5, 5.41) is 0. The molecule has 2 N–H and O–H groups in total. The van der Waals surface area contributed by atoms with Crippen molar-refractivity contribution < 1.29 is 0 Å². The van der Waals surface area contributed by atoms with Gasteiger partial charge in [-0.25, -0.2) is 0 Å². The second kappa shape index (κ2) is 5.43. The fraction of sp³-hybridized carbons (Fsp3) is 0.214. The third kappa shape index (κ3) is 2.87. The van der Waals surface area contributed by atoms with Gasteiger partial charge < -0.3 is 10.6 Å². The lowest BCUT2D eigenvalue weighted by Gasteiger charge is -2.31. The quantitative estimate of drug-likeness (QED) is 0.852. The second-order valence-electron chi connectivity index (χ2n) is 4.51. The van der Waals surface area contributed by atoms with Gasteiger partial charge in [-0.15, -0.1) is 11.8 Å². The molecule has 0 amide bonds. The van der Waals surface area contributed by atoms with E-state index in [1.54, 1.807) is 0 Å². The number of anilines is 2. The number of pyridine rings is 1. The number of nitrogens with zero attached hydrogens (tertiary/aromatic N) is 2. The summed E-state index contributed by atoms with van der Waals surface area (Å²) in [6, 6.07) is 8.25. The Morgan fingerprint density at radius 2 is 2.21 bits per heavy atom. The van der Waals surface area contributed by atoms with Crippen molar-refractivity contribution in [3.63, 3.8) is 0 Å². The fourth-order valence-corrected chi connectivity index (χ4v) is 3.66. The van der Waals surface area contributed by atoms with Crippen molar-refractivity contribution in [3.8, 4) is 0 Å². The Labute approximate surface area is 125 Å². The summed E-state index contributed by atoms with van der Waals surface area (Å²) < 4.78 is 1.02. The van der Waals surface area contributed by atoms with E-state index in [9.17, 15) is 0 Å². The first-order chi connectivity index (χ1) is 9.22. The lowest BCUT2D eigenvalue weighted by atomic mass is 10.2. The monoisotopic (exact) mass is 335 g/mol. The standard InChI is InChI=1S/C14H14BrN3S/c15-11-5-10(7-17-8-11)9-18-3-4-19-14-2-1-12(16)6-13(14)18/h1-2,5-8H,3-4,9,16H2. The minimum atomic E-state index is 0.818. The molecule has 0 unspecified atom stereocenters. The summed E-state index contributed by atoms with van der Waals surface area (Å²) in [4.78, 5) is 7.90. The van der Waals surface area contributed by atoms with Crippen molar-refractivity contribution >= 4 is 39.1 Å². The Bertz CT molecular complexity index is 603. The largest absolute Gasteiger partial charge is 0.399 e. The molecule has 1 aromatic carbocycles. The Hall–Kier alpha value is -1.20. The van der Waals surface area contributed by atoms with Gasteiger partial charge in [0.15, 0.2) is 0 Å². The van der Waals surface area contributed by atoms with Crippen LogP contribution in [0.15, 0.2) is 46.0 Å². The van der Waals surface area contributed by atoms with E-state index >= 15 is 0 Å². The molecule has 3 rings (SSSR count). The number of nitrogens with two attached hydrogens (primary N) is 1. The Kier molecular flexibility index (Phi) is 3.66. The lowest BCUT2D eigenvalue weighted by Crippen LogP contribution is -2.28. The van der Waals surface area contributed by atoms with Crippen molar-refractivity contribution in [2.75, 3.05) is 22.9 Å². The van der Waals surface area contributed by atoms with Gasteiger partial charge in [0, 0.05) is 46.3 Å². The van der Waals surface area contributed by atoms with Crippen molar-refractivity contribution in [3.05, 3.63) is 46.7 Å². The fourth-order valence-electron chi connectivity index (χ4n) is 2.22. The minimum Gasteiger partial charge on any atom is -0.399 e. The van der Waals surface area contributed by atoms with Gasteiger partial charge in [-0.2, -0.15) is 0 Å². The maximum absolute atomic E-state index is 5.91. The number of rotatable bonds is 2. The maximum Gasteiger partial charge on any atom is 0.0528 e. The van der Waals surface area contributed by atoms with Gasteiger partial charge in [-0.05, 0) is 45.8 Å². The van der Waals surface area contributed by atoms with Gasteiger partial charge in [0.25, 0.3) is 0 Å². The number of hydrogen-bond acceptors (Lipinski definition) is 4. The molecule has 0 radical (unpaired) electrons. The molecule has 0 aliphatic carbocycles. The minimum absolute atomic E-state index is 0.818. The summed E-state index contributed by atoms with van der Waals surface area (Å²) in [5.41, 5.74) is 9.16. The summed E-state index contributed by atoms with van der Waals surface area (Å²) in [6.07, 6.45) is 3.72. The molecular formula is C14H14BrN3S. The Morgan fingerprint density at radius 1 is 1.32 bits per heavy atom. The van der Waals surface area contributed by atoms with Crippen LogP contribution in [0.1, 0.15) is 5.56 Å². The van der Waals surface area contributed by atoms with E-state index in [1.165, 1.54) is 16.1 Å². The predicted molar refractivity (Wildman–Crippen MR) is 84.6 cm³/mol. The van der Waals surface area contributed by atoms with Gasteiger partial charge in [0.2, 0.25) is 0 Å². The number of nitrogen functional groups attached to an aromatic ring is 1. The van der Waals surface area contributed by atoms with Crippen LogP contribution in [0.2, 0.25) is 0 Å². The van der Waals surface area contributed by atoms with Crippen molar-refractivity contribution in [1.29, 1.82) is 0 Å². The maximum atomic E-state index is 5.91. The van der Waals surface area contributed by atoms with E-state index in [0.29, 0.717) is 0 Å². The van der Waals surface area contributed by atoms with E-state index in [0.717, 1.165) is 29.0 Å². The van der Waals surface area contributed by atoms with Gasteiger partial charge >= 0.3 is 0 Å². The molecule has 1 aliphatic rings. The number of fused-ring (bicyclic) bond motifs is 1. The Morgan fingerprint density at radius 3 is 3.05 bits per heavy atom. The van der Waals surface area contributed by atoms with Crippen LogP contribution in [0.4, 0.5) is 11.4 Å². The smallest absolute Gasteiger partial charge is 0.0528 e. The first-order valence-corrected chi connectivity index (χ1v) is 7.87. The first kappa shape index (κ1) is 12.8.